The van der Waals surface area contributed by atoms with Crippen LogP contribution in [0.1, 0.15) is 16.4 Å². The van der Waals surface area contributed by atoms with Crippen LogP contribution in [0.3, 0.4) is 0 Å². The molecule has 5 aromatic rings. The predicted molar refractivity (Wildman–Crippen MR) is 102 cm³/mol. The molecule has 0 aromatic carbocycles. The highest BCUT2D eigenvalue weighted by molar-refractivity contribution is 7.19. The largest absolute Gasteiger partial charge is 0.396 e. The minimum absolute atomic E-state index is 0.192. The third kappa shape index (κ3) is 2.41. The van der Waals surface area contributed by atoms with E-state index in [9.17, 15) is 9.18 Å². The average molecular weight is 399 g/mol. The zero-order valence-electron chi connectivity index (χ0n) is 14.6. The molecule has 28 heavy (non-hydrogen) atoms. The number of rotatable bonds is 4. The molecule has 0 saturated heterocycles. The number of hydrogen-bond donors (Lipinski definition) is 3. The highest BCUT2D eigenvalue weighted by Gasteiger charge is 2.19. The molecule has 0 unspecified atom stereocenters. The van der Waals surface area contributed by atoms with Gasteiger partial charge in [-0.25, -0.2) is 14.1 Å². The Hall–Kier alpha value is -3.54. The molecule has 4 N–H and O–H groups in total. The van der Waals surface area contributed by atoms with Gasteiger partial charge in [0.2, 0.25) is 0 Å². The summed E-state index contributed by atoms with van der Waals surface area (Å²) in [7, 11) is 1.78. The van der Waals surface area contributed by atoms with Gasteiger partial charge >= 0.3 is 0 Å². The molecule has 0 aliphatic rings. The zero-order chi connectivity index (χ0) is 19.4. The maximum absolute atomic E-state index is 13.6. The summed E-state index contributed by atoms with van der Waals surface area (Å²) >= 11 is 1.41. The van der Waals surface area contributed by atoms with Crippen LogP contribution in [0.4, 0.5) is 10.1 Å². The van der Waals surface area contributed by atoms with E-state index >= 15 is 0 Å². The lowest BCUT2D eigenvalue weighted by Crippen LogP contribution is -2.25. The van der Waals surface area contributed by atoms with Gasteiger partial charge in [0.15, 0.2) is 11.5 Å². The number of thiazole rings is 1. The number of aromatic nitrogens is 8. The van der Waals surface area contributed by atoms with E-state index in [1.54, 1.807) is 17.8 Å². The first-order valence-electron chi connectivity index (χ1n) is 8.32. The van der Waals surface area contributed by atoms with Crippen LogP contribution in [0.25, 0.3) is 21.3 Å². The number of anilines is 1. The first kappa shape index (κ1) is 16.6. The topological polar surface area (TPSA) is 136 Å². The average Bonchev–Trinajstić information content (AvgIpc) is 3.41. The van der Waals surface area contributed by atoms with E-state index in [4.69, 9.17) is 5.73 Å². The highest BCUT2D eigenvalue weighted by Crippen LogP contribution is 2.31. The van der Waals surface area contributed by atoms with Crippen molar-refractivity contribution in [1.82, 2.24) is 39.7 Å². The van der Waals surface area contributed by atoms with Gasteiger partial charge in [0.05, 0.1) is 46.9 Å². The molecule has 10 nitrogen and oxygen atoms in total. The van der Waals surface area contributed by atoms with Crippen LogP contribution in [0.15, 0.2) is 23.4 Å². The molecule has 0 aliphatic heterocycles. The monoisotopic (exact) mass is 399 g/mol. The smallest absolute Gasteiger partial charge is 0.291 e. The number of H-pyrrole nitrogens is 2. The van der Waals surface area contributed by atoms with Crippen molar-refractivity contribution < 1.29 is 4.39 Å². The lowest BCUT2D eigenvalue weighted by molar-refractivity contribution is 0.614. The van der Waals surface area contributed by atoms with Crippen LogP contribution in [0.2, 0.25) is 0 Å². The number of nitrogen functional groups attached to an aromatic ring is 1. The van der Waals surface area contributed by atoms with Crippen molar-refractivity contribution in [3.8, 4) is 0 Å². The fourth-order valence-electron chi connectivity index (χ4n) is 3.19. The van der Waals surface area contributed by atoms with Crippen molar-refractivity contribution in [3.05, 3.63) is 51.2 Å². The van der Waals surface area contributed by atoms with Gasteiger partial charge in [-0.3, -0.25) is 15.0 Å². The van der Waals surface area contributed by atoms with Crippen LogP contribution in [0, 0.1) is 5.82 Å². The molecule has 142 valence electrons. The summed E-state index contributed by atoms with van der Waals surface area (Å²) < 4.78 is 17.5. The van der Waals surface area contributed by atoms with Crippen molar-refractivity contribution in [2.75, 3.05) is 5.73 Å². The van der Waals surface area contributed by atoms with Crippen molar-refractivity contribution in [2.45, 2.75) is 13.0 Å². The maximum atomic E-state index is 13.6. The number of aromatic amines is 2. The fraction of sp³-hybridized carbons (Fsp3) is 0.188. The number of nitrogens with two attached hydrogens (primary N) is 1. The summed E-state index contributed by atoms with van der Waals surface area (Å²) in [5.41, 5.74) is 8.20. The maximum Gasteiger partial charge on any atom is 0.291 e. The van der Waals surface area contributed by atoms with Crippen molar-refractivity contribution in [2.24, 2.45) is 7.05 Å². The molecule has 0 saturated carbocycles. The number of nitrogens with zero attached hydrogens (tertiary/aromatic N) is 6. The number of fused-ring (bicyclic) bond motifs is 3. The molecule has 0 aliphatic carbocycles. The Morgan fingerprint density at radius 1 is 1.21 bits per heavy atom. The molecule has 0 bridgehead atoms. The van der Waals surface area contributed by atoms with E-state index in [1.165, 1.54) is 22.2 Å². The summed E-state index contributed by atoms with van der Waals surface area (Å²) in [6, 6.07) is 0. The molecule has 0 atom stereocenters. The van der Waals surface area contributed by atoms with E-state index in [-0.39, 0.29) is 12.1 Å². The van der Waals surface area contributed by atoms with Gasteiger partial charge in [-0.1, -0.05) is 0 Å². The van der Waals surface area contributed by atoms with Gasteiger partial charge in [-0.05, 0) is 0 Å². The standard InChI is InChI=1S/C16H14FN9OS/c1-25-13-7(3-21-26(16(13)27)6-11-9(18)5-20-24-11)14-15(25)22-12(28-14)2-10-8(17)4-19-23-10/h3-5H,2,6,18H2,1H3,(H,19,23)(H,20,24). The molecule has 0 amide bonds. The van der Waals surface area contributed by atoms with E-state index in [1.807, 2.05) is 0 Å². The van der Waals surface area contributed by atoms with Gasteiger partial charge in [0.1, 0.15) is 10.5 Å². The first-order valence-corrected chi connectivity index (χ1v) is 9.14. The Morgan fingerprint density at radius 3 is 2.71 bits per heavy atom. The zero-order valence-corrected chi connectivity index (χ0v) is 15.4. The Labute approximate surface area is 159 Å². The van der Waals surface area contributed by atoms with Crippen molar-refractivity contribution in [1.29, 1.82) is 0 Å². The predicted octanol–water partition coefficient (Wildman–Crippen LogP) is 1.15. The lowest BCUT2D eigenvalue weighted by atomic mass is 10.3. The second kappa shape index (κ2) is 5.99. The molecular weight excluding hydrogens is 385 g/mol. The van der Waals surface area contributed by atoms with Crippen molar-refractivity contribution in [3.63, 3.8) is 0 Å². The fourth-order valence-corrected chi connectivity index (χ4v) is 4.31. The Bertz CT molecular complexity index is 1390. The summed E-state index contributed by atoms with van der Waals surface area (Å²) in [5.74, 6) is -0.397. The molecule has 5 rings (SSSR count). The van der Waals surface area contributed by atoms with Crippen LogP contribution in [-0.4, -0.2) is 39.7 Å². The number of hydrogen-bond acceptors (Lipinski definition) is 7. The highest BCUT2D eigenvalue weighted by atomic mass is 32.1. The second-order valence-electron chi connectivity index (χ2n) is 6.37. The quantitative estimate of drug-likeness (QED) is 0.415. The molecular formula is C16H14FN9OS. The Kier molecular flexibility index (Phi) is 3.55. The lowest BCUT2D eigenvalue weighted by Gasteiger charge is -2.04. The Morgan fingerprint density at radius 2 is 2.00 bits per heavy atom. The summed E-state index contributed by atoms with van der Waals surface area (Å²) in [6.45, 7) is 0.192. The van der Waals surface area contributed by atoms with E-state index < -0.39 is 5.82 Å². The number of aryl methyl sites for hydroxylation is 1. The van der Waals surface area contributed by atoms with Gasteiger partial charge in [-0.15, -0.1) is 11.3 Å². The third-order valence-electron chi connectivity index (χ3n) is 4.62. The number of nitrogens with one attached hydrogen (secondary N) is 2. The van der Waals surface area contributed by atoms with E-state index in [0.29, 0.717) is 40.0 Å². The van der Waals surface area contributed by atoms with Gasteiger partial charge < -0.3 is 10.3 Å². The number of halogens is 1. The molecule has 12 heteroatoms. The minimum Gasteiger partial charge on any atom is -0.396 e. The van der Waals surface area contributed by atoms with Crippen LogP contribution >= 0.6 is 11.3 Å². The van der Waals surface area contributed by atoms with E-state index in [0.717, 1.165) is 15.9 Å². The van der Waals surface area contributed by atoms with E-state index in [2.05, 4.69) is 30.5 Å². The third-order valence-corrected chi connectivity index (χ3v) is 5.70. The first-order chi connectivity index (χ1) is 13.5. The van der Waals surface area contributed by atoms with Crippen LogP contribution in [-0.2, 0) is 20.0 Å². The summed E-state index contributed by atoms with van der Waals surface area (Å²) in [5, 5.41) is 18.7. The molecule has 5 heterocycles. The van der Waals surface area contributed by atoms with Crippen LogP contribution in [0.5, 0.6) is 0 Å². The summed E-state index contributed by atoms with van der Waals surface area (Å²) in [6.07, 6.45) is 4.57. The summed E-state index contributed by atoms with van der Waals surface area (Å²) in [4.78, 5) is 17.5. The van der Waals surface area contributed by atoms with Gasteiger partial charge in [0.25, 0.3) is 5.56 Å². The normalized spacial score (nSPS) is 11.8. The van der Waals surface area contributed by atoms with Gasteiger partial charge in [0, 0.05) is 18.9 Å². The Balaban J connectivity index is 1.60. The minimum atomic E-state index is -0.397. The van der Waals surface area contributed by atoms with Crippen LogP contribution < -0.4 is 11.3 Å². The second-order valence-corrected chi connectivity index (χ2v) is 7.45. The SMILES string of the molecule is Cn1c2nc(Cc3[nH]ncc3F)sc2c2cnn(Cc3[nH]ncc3N)c(=O)c21. The molecule has 5 aromatic heterocycles. The molecule has 0 radical (unpaired) electrons. The van der Waals surface area contributed by atoms with Gasteiger partial charge in [-0.2, -0.15) is 15.3 Å². The molecule has 0 fully saturated rings. The molecule has 0 spiro atoms. The van der Waals surface area contributed by atoms with Crippen molar-refractivity contribution >= 4 is 38.3 Å².